The van der Waals surface area contributed by atoms with E-state index in [4.69, 9.17) is 0 Å². The van der Waals surface area contributed by atoms with E-state index in [2.05, 4.69) is 20.8 Å². The average molecular weight is 376 g/mol. The molecule has 0 aliphatic carbocycles. The molecule has 3 rings (SSSR count). The van der Waals surface area contributed by atoms with Crippen molar-refractivity contribution < 1.29 is 9.59 Å². The van der Waals surface area contributed by atoms with Gasteiger partial charge in [-0.25, -0.2) is 0 Å². The van der Waals surface area contributed by atoms with E-state index >= 15 is 0 Å². The number of anilines is 1. The standard InChI is InChI=1S/C22H24N4O2/c1-2-18(23-21(27)14-13-16-9-5-3-6-10-16)22(28)24-20-15-19(25-26-20)17-11-7-4-8-12-17/h3-12,15,18H,2,13-14H2,1H3,(H,23,27)(H2,24,25,26,28). The second-order valence-electron chi connectivity index (χ2n) is 6.54. The van der Waals surface area contributed by atoms with Gasteiger partial charge in [0.2, 0.25) is 11.8 Å². The van der Waals surface area contributed by atoms with Gasteiger partial charge < -0.3 is 10.6 Å². The number of carbonyl (C=O) groups excluding carboxylic acids is 2. The molecule has 0 saturated carbocycles. The smallest absolute Gasteiger partial charge is 0.248 e. The summed E-state index contributed by atoms with van der Waals surface area (Å²) in [6.07, 6.45) is 1.48. The fourth-order valence-corrected chi connectivity index (χ4v) is 2.89. The molecule has 1 atom stereocenters. The van der Waals surface area contributed by atoms with Gasteiger partial charge in [0.05, 0.1) is 5.69 Å². The van der Waals surface area contributed by atoms with Crippen LogP contribution in [0.1, 0.15) is 25.3 Å². The van der Waals surface area contributed by atoms with Crippen LogP contribution in [0.25, 0.3) is 11.3 Å². The highest BCUT2D eigenvalue weighted by atomic mass is 16.2. The van der Waals surface area contributed by atoms with Crippen LogP contribution < -0.4 is 10.6 Å². The first kappa shape index (κ1) is 19.4. The van der Waals surface area contributed by atoms with E-state index in [0.29, 0.717) is 25.1 Å². The molecule has 0 saturated heterocycles. The molecule has 6 heteroatoms. The number of nitrogens with zero attached hydrogens (tertiary/aromatic N) is 1. The first-order valence-electron chi connectivity index (χ1n) is 9.40. The third-order valence-corrected chi connectivity index (χ3v) is 4.46. The van der Waals surface area contributed by atoms with E-state index in [1.54, 1.807) is 6.07 Å². The summed E-state index contributed by atoms with van der Waals surface area (Å²) in [4.78, 5) is 24.7. The maximum absolute atomic E-state index is 12.5. The molecule has 1 aromatic heterocycles. The van der Waals surface area contributed by atoms with Crippen LogP contribution in [0.5, 0.6) is 0 Å². The third-order valence-electron chi connectivity index (χ3n) is 4.46. The Kier molecular flexibility index (Phi) is 6.57. The third kappa shape index (κ3) is 5.30. The molecular weight excluding hydrogens is 352 g/mol. The molecule has 6 nitrogen and oxygen atoms in total. The number of aromatic amines is 1. The van der Waals surface area contributed by atoms with Gasteiger partial charge >= 0.3 is 0 Å². The second kappa shape index (κ2) is 9.50. The van der Waals surface area contributed by atoms with Crippen molar-refractivity contribution in [2.24, 2.45) is 0 Å². The van der Waals surface area contributed by atoms with Gasteiger partial charge in [-0.2, -0.15) is 5.10 Å². The largest absolute Gasteiger partial charge is 0.344 e. The number of benzene rings is 2. The van der Waals surface area contributed by atoms with E-state index in [1.165, 1.54) is 0 Å². The predicted molar refractivity (Wildman–Crippen MR) is 110 cm³/mol. The van der Waals surface area contributed by atoms with Gasteiger partial charge in [-0.3, -0.25) is 14.7 Å². The van der Waals surface area contributed by atoms with E-state index in [0.717, 1.165) is 16.8 Å². The monoisotopic (exact) mass is 376 g/mol. The summed E-state index contributed by atoms with van der Waals surface area (Å²) in [6.45, 7) is 1.86. The molecule has 28 heavy (non-hydrogen) atoms. The van der Waals surface area contributed by atoms with E-state index in [-0.39, 0.29) is 11.8 Å². The maximum atomic E-state index is 12.5. The minimum Gasteiger partial charge on any atom is -0.344 e. The topological polar surface area (TPSA) is 86.9 Å². The highest BCUT2D eigenvalue weighted by molar-refractivity contribution is 5.96. The lowest BCUT2D eigenvalue weighted by molar-refractivity contribution is -0.126. The number of carbonyl (C=O) groups is 2. The average Bonchev–Trinajstić information content (AvgIpc) is 3.20. The van der Waals surface area contributed by atoms with Crippen molar-refractivity contribution >= 4 is 17.6 Å². The molecule has 0 bridgehead atoms. The number of H-pyrrole nitrogens is 1. The molecular formula is C22H24N4O2. The summed E-state index contributed by atoms with van der Waals surface area (Å²) in [6, 6.07) is 20.7. The highest BCUT2D eigenvalue weighted by Crippen LogP contribution is 2.19. The van der Waals surface area contributed by atoms with Gasteiger partial charge in [-0.15, -0.1) is 0 Å². The molecule has 3 N–H and O–H groups in total. The Morgan fingerprint density at radius 3 is 2.39 bits per heavy atom. The Labute approximate surface area is 164 Å². The van der Waals surface area contributed by atoms with Gasteiger partial charge in [-0.1, -0.05) is 67.6 Å². The number of rotatable bonds is 8. The highest BCUT2D eigenvalue weighted by Gasteiger charge is 2.19. The lowest BCUT2D eigenvalue weighted by Gasteiger charge is -2.16. The Morgan fingerprint density at radius 2 is 1.71 bits per heavy atom. The number of nitrogens with one attached hydrogen (secondary N) is 3. The quantitative estimate of drug-likeness (QED) is 0.562. The zero-order valence-corrected chi connectivity index (χ0v) is 15.8. The summed E-state index contributed by atoms with van der Waals surface area (Å²) in [5.74, 6) is 0.0142. The zero-order chi connectivity index (χ0) is 19.8. The van der Waals surface area contributed by atoms with Crippen LogP contribution in [-0.4, -0.2) is 28.1 Å². The van der Waals surface area contributed by atoms with Crippen LogP contribution in [0, 0.1) is 0 Å². The number of aromatic nitrogens is 2. The summed E-state index contributed by atoms with van der Waals surface area (Å²) < 4.78 is 0. The maximum Gasteiger partial charge on any atom is 0.248 e. The van der Waals surface area contributed by atoms with Crippen LogP contribution in [0.4, 0.5) is 5.82 Å². The van der Waals surface area contributed by atoms with E-state index in [1.807, 2.05) is 67.6 Å². The molecule has 0 spiro atoms. The molecule has 1 heterocycles. The van der Waals surface area contributed by atoms with Crippen LogP contribution in [0.3, 0.4) is 0 Å². The fraction of sp³-hybridized carbons (Fsp3) is 0.227. The second-order valence-corrected chi connectivity index (χ2v) is 6.54. The normalized spacial score (nSPS) is 11.6. The van der Waals surface area contributed by atoms with E-state index in [9.17, 15) is 9.59 Å². The number of amides is 2. The van der Waals surface area contributed by atoms with Gasteiger partial charge in [0.25, 0.3) is 0 Å². The molecule has 1 unspecified atom stereocenters. The van der Waals surface area contributed by atoms with Crippen molar-refractivity contribution in [3.05, 3.63) is 72.3 Å². The summed E-state index contributed by atoms with van der Waals surface area (Å²) in [7, 11) is 0. The van der Waals surface area contributed by atoms with Crippen molar-refractivity contribution in [3.63, 3.8) is 0 Å². The lowest BCUT2D eigenvalue weighted by Crippen LogP contribution is -2.43. The minimum atomic E-state index is -0.597. The van der Waals surface area contributed by atoms with Crippen molar-refractivity contribution in [2.75, 3.05) is 5.32 Å². The minimum absolute atomic E-state index is 0.141. The van der Waals surface area contributed by atoms with Gasteiger partial charge in [0.15, 0.2) is 5.82 Å². The summed E-state index contributed by atoms with van der Waals surface area (Å²) >= 11 is 0. The van der Waals surface area contributed by atoms with Crippen LogP contribution in [-0.2, 0) is 16.0 Å². The first-order valence-corrected chi connectivity index (χ1v) is 9.40. The van der Waals surface area contributed by atoms with Crippen molar-refractivity contribution in [1.29, 1.82) is 0 Å². The number of aryl methyl sites for hydroxylation is 1. The predicted octanol–water partition coefficient (Wildman–Crippen LogP) is 3.54. The SMILES string of the molecule is CCC(NC(=O)CCc1ccccc1)C(=O)Nc1cc(-c2ccccc2)[nH]n1. The van der Waals surface area contributed by atoms with Crippen molar-refractivity contribution in [3.8, 4) is 11.3 Å². The summed E-state index contributed by atoms with van der Waals surface area (Å²) in [5, 5.41) is 12.6. The molecule has 0 aliphatic rings. The number of hydrogen-bond donors (Lipinski definition) is 3. The zero-order valence-electron chi connectivity index (χ0n) is 15.8. The summed E-state index contributed by atoms with van der Waals surface area (Å²) in [5.41, 5.74) is 2.90. The molecule has 2 amide bonds. The molecule has 0 fully saturated rings. The molecule has 2 aromatic carbocycles. The Bertz CT molecular complexity index is 907. The lowest BCUT2D eigenvalue weighted by atomic mass is 10.1. The first-order chi connectivity index (χ1) is 13.7. The fourth-order valence-electron chi connectivity index (χ4n) is 2.89. The van der Waals surface area contributed by atoms with Crippen LogP contribution in [0.15, 0.2) is 66.7 Å². The van der Waals surface area contributed by atoms with Gasteiger partial charge in [0.1, 0.15) is 6.04 Å². The van der Waals surface area contributed by atoms with Gasteiger partial charge in [0, 0.05) is 12.5 Å². The molecule has 0 aliphatic heterocycles. The molecule has 144 valence electrons. The Hall–Kier alpha value is -3.41. The van der Waals surface area contributed by atoms with Crippen molar-refractivity contribution in [2.45, 2.75) is 32.2 Å². The van der Waals surface area contributed by atoms with Crippen molar-refractivity contribution in [1.82, 2.24) is 15.5 Å². The van der Waals surface area contributed by atoms with E-state index < -0.39 is 6.04 Å². The van der Waals surface area contributed by atoms with Crippen LogP contribution >= 0.6 is 0 Å². The Morgan fingerprint density at radius 1 is 1.04 bits per heavy atom. The molecule has 3 aromatic rings. The Balaban J connectivity index is 1.53. The number of hydrogen-bond acceptors (Lipinski definition) is 3. The molecule has 0 radical (unpaired) electrons. The van der Waals surface area contributed by atoms with Crippen LogP contribution in [0.2, 0.25) is 0 Å². The van der Waals surface area contributed by atoms with Gasteiger partial charge in [-0.05, 0) is 24.0 Å².